The fourth-order valence-electron chi connectivity index (χ4n) is 3.00. The van der Waals surface area contributed by atoms with Gasteiger partial charge >= 0.3 is 5.69 Å². The molecule has 24 heavy (non-hydrogen) atoms. The van der Waals surface area contributed by atoms with Gasteiger partial charge in [-0.2, -0.15) is 5.10 Å². The third kappa shape index (κ3) is 4.00. The van der Waals surface area contributed by atoms with Crippen LogP contribution in [0.3, 0.4) is 0 Å². The smallest absolute Gasteiger partial charge is 0.312 e. The van der Waals surface area contributed by atoms with E-state index in [2.05, 4.69) is 11.2 Å². The number of allylic oxidation sites excluding steroid dienone is 2. The molecule has 1 aliphatic rings. The van der Waals surface area contributed by atoms with E-state index in [1.165, 1.54) is 4.68 Å². The van der Waals surface area contributed by atoms with Crippen molar-refractivity contribution in [1.82, 2.24) is 14.7 Å². The van der Waals surface area contributed by atoms with Gasteiger partial charge in [-0.25, -0.2) is 0 Å². The van der Waals surface area contributed by atoms with E-state index in [1.807, 2.05) is 0 Å². The first-order valence-corrected chi connectivity index (χ1v) is 8.12. The van der Waals surface area contributed by atoms with Gasteiger partial charge in [-0.15, -0.1) is 0 Å². The van der Waals surface area contributed by atoms with Crippen molar-refractivity contribution < 1.29 is 14.5 Å². The minimum atomic E-state index is -0.453. The minimum absolute atomic E-state index is 0.0123. The lowest BCUT2D eigenvalue weighted by Crippen LogP contribution is -2.36. The van der Waals surface area contributed by atoms with Crippen molar-refractivity contribution >= 4 is 11.6 Å². The lowest BCUT2D eigenvalue weighted by molar-refractivity contribution is -0.386. The number of aryl methyl sites for hydroxylation is 1. The first-order chi connectivity index (χ1) is 11.5. The highest BCUT2D eigenvalue weighted by atomic mass is 16.6. The fraction of sp³-hybridized carbons (Fsp3) is 0.625. The molecule has 1 aliphatic carbocycles. The second-order valence-electron chi connectivity index (χ2n) is 5.91. The predicted molar refractivity (Wildman–Crippen MR) is 88.5 cm³/mol. The number of hydrogen-bond acceptors (Lipinski definition) is 5. The molecule has 1 aromatic rings. The first kappa shape index (κ1) is 18.1. The lowest BCUT2D eigenvalue weighted by Gasteiger charge is -2.27. The van der Waals surface area contributed by atoms with Crippen LogP contribution in [0.25, 0.3) is 0 Å². The van der Waals surface area contributed by atoms with Crippen LogP contribution in [-0.4, -0.2) is 45.8 Å². The maximum atomic E-state index is 12.8. The average Bonchev–Trinajstić information content (AvgIpc) is 2.82. The SMILES string of the molecule is COCCN(C(=O)Cn1nc(C)c([N+](=O)[O-])c1C)C1=CCCCC1. The molecule has 0 aromatic carbocycles. The second kappa shape index (κ2) is 8.05. The molecule has 0 N–H and O–H groups in total. The van der Waals surface area contributed by atoms with Crippen molar-refractivity contribution in [3.8, 4) is 0 Å². The van der Waals surface area contributed by atoms with Crippen molar-refractivity contribution in [1.29, 1.82) is 0 Å². The van der Waals surface area contributed by atoms with Crippen LogP contribution in [0.15, 0.2) is 11.8 Å². The number of nitrogens with zero attached hydrogens (tertiary/aromatic N) is 4. The van der Waals surface area contributed by atoms with E-state index >= 15 is 0 Å². The fourth-order valence-corrected chi connectivity index (χ4v) is 3.00. The van der Waals surface area contributed by atoms with Gasteiger partial charge in [0.2, 0.25) is 5.91 Å². The number of methoxy groups -OCH3 is 1. The van der Waals surface area contributed by atoms with Crippen molar-refractivity contribution in [2.24, 2.45) is 0 Å². The first-order valence-electron chi connectivity index (χ1n) is 8.12. The van der Waals surface area contributed by atoms with E-state index in [0.717, 1.165) is 31.4 Å². The third-order valence-electron chi connectivity index (χ3n) is 4.24. The summed E-state index contributed by atoms with van der Waals surface area (Å²) >= 11 is 0. The molecule has 0 fully saturated rings. The lowest BCUT2D eigenvalue weighted by atomic mass is 10.0. The number of aromatic nitrogens is 2. The van der Waals surface area contributed by atoms with Gasteiger partial charge in [0, 0.05) is 19.4 Å². The number of nitro groups is 1. The Hall–Kier alpha value is -2.22. The van der Waals surface area contributed by atoms with Gasteiger partial charge in [-0.3, -0.25) is 19.6 Å². The molecule has 8 heteroatoms. The van der Waals surface area contributed by atoms with Crippen molar-refractivity contribution in [2.45, 2.75) is 46.1 Å². The van der Waals surface area contributed by atoms with Crippen LogP contribution in [0.5, 0.6) is 0 Å². The zero-order chi connectivity index (χ0) is 17.7. The van der Waals surface area contributed by atoms with E-state index in [1.54, 1.807) is 25.9 Å². The summed E-state index contributed by atoms with van der Waals surface area (Å²) in [5, 5.41) is 15.3. The van der Waals surface area contributed by atoms with Crippen LogP contribution in [0, 0.1) is 24.0 Å². The Morgan fingerprint density at radius 3 is 2.75 bits per heavy atom. The summed E-state index contributed by atoms with van der Waals surface area (Å²) in [4.78, 5) is 25.1. The van der Waals surface area contributed by atoms with Gasteiger partial charge in [-0.1, -0.05) is 6.08 Å². The van der Waals surface area contributed by atoms with Gasteiger partial charge in [-0.05, 0) is 39.5 Å². The Morgan fingerprint density at radius 1 is 1.46 bits per heavy atom. The minimum Gasteiger partial charge on any atom is -0.383 e. The number of amides is 1. The molecule has 1 aromatic heterocycles. The van der Waals surface area contributed by atoms with Crippen LogP contribution in [0.1, 0.15) is 37.1 Å². The van der Waals surface area contributed by atoms with E-state index in [4.69, 9.17) is 4.74 Å². The molecule has 0 saturated heterocycles. The summed E-state index contributed by atoms with van der Waals surface area (Å²) in [7, 11) is 1.60. The number of carbonyl (C=O) groups excluding carboxylic acids is 1. The summed E-state index contributed by atoms with van der Waals surface area (Å²) in [6, 6.07) is 0. The van der Waals surface area contributed by atoms with Crippen LogP contribution < -0.4 is 0 Å². The largest absolute Gasteiger partial charge is 0.383 e. The Balaban J connectivity index is 2.19. The molecular weight excluding hydrogens is 312 g/mol. The summed E-state index contributed by atoms with van der Waals surface area (Å²) in [5.41, 5.74) is 1.71. The van der Waals surface area contributed by atoms with Gasteiger partial charge in [0.15, 0.2) is 0 Å². The van der Waals surface area contributed by atoms with Crippen LogP contribution >= 0.6 is 0 Å². The van der Waals surface area contributed by atoms with Crippen molar-refractivity contribution in [3.05, 3.63) is 33.3 Å². The molecule has 2 rings (SSSR count). The van der Waals surface area contributed by atoms with Crippen LogP contribution in [-0.2, 0) is 16.1 Å². The second-order valence-corrected chi connectivity index (χ2v) is 5.91. The highest BCUT2D eigenvalue weighted by Gasteiger charge is 2.25. The Labute approximate surface area is 141 Å². The molecule has 1 amide bonds. The molecule has 0 bridgehead atoms. The number of ether oxygens (including phenoxy) is 1. The number of rotatable bonds is 7. The number of carbonyl (C=O) groups is 1. The summed E-state index contributed by atoms with van der Waals surface area (Å²) in [6.07, 6.45) is 6.14. The standard InChI is InChI=1S/C16H24N4O4/c1-12-16(20(22)23)13(2)19(17-12)11-15(21)18(9-10-24-3)14-7-5-4-6-8-14/h7H,4-6,8-11H2,1-3H3. The van der Waals surface area contributed by atoms with Crippen LogP contribution in [0.4, 0.5) is 5.69 Å². The van der Waals surface area contributed by atoms with Gasteiger partial charge < -0.3 is 9.64 Å². The van der Waals surface area contributed by atoms with Crippen molar-refractivity contribution in [2.75, 3.05) is 20.3 Å². The average molecular weight is 336 g/mol. The monoisotopic (exact) mass is 336 g/mol. The molecule has 1 heterocycles. The molecule has 8 nitrogen and oxygen atoms in total. The topological polar surface area (TPSA) is 90.5 Å². The quantitative estimate of drug-likeness (QED) is 0.563. The van der Waals surface area contributed by atoms with Gasteiger partial charge in [0.25, 0.3) is 0 Å². The Morgan fingerprint density at radius 2 is 2.21 bits per heavy atom. The van der Waals surface area contributed by atoms with Gasteiger partial charge in [0.1, 0.15) is 17.9 Å². The molecule has 0 atom stereocenters. The Kier molecular flexibility index (Phi) is 6.08. The zero-order valence-corrected chi connectivity index (χ0v) is 14.4. The van der Waals surface area contributed by atoms with Crippen LogP contribution in [0.2, 0.25) is 0 Å². The van der Waals surface area contributed by atoms with E-state index < -0.39 is 4.92 Å². The molecule has 0 unspecified atom stereocenters. The molecule has 0 radical (unpaired) electrons. The van der Waals surface area contributed by atoms with E-state index in [-0.39, 0.29) is 18.1 Å². The Bertz CT molecular complexity index is 651. The summed E-state index contributed by atoms with van der Waals surface area (Å²) < 4.78 is 6.52. The maximum absolute atomic E-state index is 12.8. The molecule has 0 spiro atoms. The summed E-state index contributed by atoms with van der Waals surface area (Å²) in [6.45, 7) is 4.10. The zero-order valence-electron chi connectivity index (χ0n) is 14.4. The number of hydrogen-bond donors (Lipinski definition) is 0. The van der Waals surface area contributed by atoms with Gasteiger partial charge in [0.05, 0.1) is 11.5 Å². The molecule has 0 saturated carbocycles. The predicted octanol–water partition coefficient (Wildman–Crippen LogP) is 2.34. The maximum Gasteiger partial charge on any atom is 0.312 e. The molecule has 132 valence electrons. The van der Waals surface area contributed by atoms with E-state index in [9.17, 15) is 14.9 Å². The molecular formula is C16H24N4O4. The van der Waals surface area contributed by atoms with Crippen molar-refractivity contribution in [3.63, 3.8) is 0 Å². The van der Waals surface area contributed by atoms with E-state index in [0.29, 0.717) is 24.5 Å². The summed E-state index contributed by atoms with van der Waals surface area (Å²) in [5.74, 6) is -0.124. The third-order valence-corrected chi connectivity index (χ3v) is 4.24. The highest BCUT2D eigenvalue weighted by molar-refractivity contribution is 5.78. The normalized spacial score (nSPS) is 14.4. The highest BCUT2D eigenvalue weighted by Crippen LogP contribution is 2.24. The molecule has 0 aliphatic heterocycles.